The zero-order valence-electron chi connectivity index (χ0n) is 13.7. The van der Waals surface area contributed by atoms with E-state index in [2.05, 4.69) is 50.7 Å². The summed E-state index contributed by atoms with van der Waals surface area (Å²) in [5.41, 5.74) is 5.05. The van der Waals surface area contributed by atoms with E-state index in [4.69, 9.17) is 23.8 Å². The number of anilines is 2. The van der Waals surface area contributed by atoms with Crippen molar-refractivity contribution in [2.75, 3.05) is 10.6 Å². The van der Waals surface area contributed by atoms with Gasteiger partial charge in [0.1, 0.15) is 0 Å². The van der Waals surface area contributed by atoms with Crippen LogP contribution in [0, 0.1) is 6.92 Å². The number of hydrogen-bond donors (Lipinski definition) is 2. The van der Waals surface area contributed by atoms with Crippen LogP contribution in [0.25, 0.3) is 11.3 Å². The Hall–Kier alpha value is -1.89. The van der Waals surface area contributed by atoms with Crippen LogP contribution in [-0.4, -0.2) is 14.9 Å². The molecular weight excluding hydrogens is 420 g/mol. The molecule has 0 radical (unpaired) electrons. The van der Waals surface area contributed by atoms with Crippen molar-refractivity contribution in [1.29, 1.82) is 0 Å². The molecule has 0 aliphatic carbocycles. The SMILES string of the molecule is Cc1ccc(NC(=S)Nc2ccc(Cl)cc2)cc1-c1c(Br)cnn1C. The maximum Gasteiger partial charge on any atom is 0.175 e. The van der Waals surface area contributed by atoms with Crippen LogP contribution in [0.15, 0.2) is 53.1 Å². The predicted molar refractivity (Wildman–Crippen MR) is 112 cm³/mol. The third-order valence-electron chi connectivity index (χ3n) is 3.75. The number of rotatable bonds is 3. The highest BCUT2D eigenvalue weighted by atomic mass is 79.9. The summed E-state index contributed by atoms with van der Waals surface area (Å²) in [4.78, 5) is 0. The molecule has 1 heterocycles. The van der Waals surface area contributed by atoms with E-state index < -0.39 is 0 Å². The van der Waals surface area contributed by atoms with Crippen molar-refractivity contribution >= 4 is 56.2 Å². The molecule has 0 saturated heterocycles. The fourth-order valence-corrected chi connectivity index (χ4v) is 3.42. The van der Waals surface area contributed by atoms with Gasteiger partial charge >= 0.3 is 0 Å². The first-order valence-electron chi connectivity index (χ1n) is 7.56. The fourth-order valence-electron chi connectivity index (χ4n) is 2.50. The van der Waals surface area contributed by atoms with Gasteiger partial charge in [-0.3, -0.25) is 4.68 Å². The summed E-state index contributed by atoms with van der Waals surface area (Å²) in [7, 11) is 1.92. The van der Waals surface area contributed by atoms with Gasteiger partial charge < -0.3 is 10.6 Å². The minimum absolute atomic E-state index is 0.515. The Bertz CT molecular complexity index is 902. The second-order valence-corrected chi connectivity index (χ2v) is 7.28. The minimum atomic E-state index is 0.515. The molecular formula is C18H16BrClN4S. The molecule has 2 aromatic carbocycles. The van der Waals surface area contributed by atoms with Crippen molar-refractivity contribution < 1.29 is 0 Å². The molecule has 7 heteroatoms. The van der Waals surface area contributed by atoms with Crippen molar-refractivity contribution in [3.8, 4) is 11.3 Å². The maximum atomic E-state index is 5.90. The van der Waals surface area contributed by atoms with Gasteiger partial charge in [0.25, 0.3) is 0 Å². The van der Waals surface area contributed by atoms with Gasteiger partial charge in [-0.1, -0.05) is 17.7 Å². The maximum absolute atomic E-state index is 5.90. The molecule has 25 heavy (non-hydrogen) atoms. The molecule has 0 bridgehead atoms. The molecule has 0 unspecified atom stereocenters. The van der Waals surface area contributed by atoms with Crippen LogP contribution in [0.1, 0.15) is 5.56 Å². The van der Waals surface area contributed by atoms with E-state index in [1.165, 1.54) is 0 Å². The van der Waals surface area contributed by atoms with Crippen LogP contribution in [-0.2, 0) is 7.05 Å². The molecule has 0 amide bonds. The first kappa shape index (κ1) is 17.9. The average molecular weight is 436 g/mol. The second kappa shape index (κ2) is 7.56. The van der Waals surface area contributed by atoms with Gasteiger partial charge in [0.05, 0.1) is 16.4 Å². The summed E-state index contributed by atoms with van der Waals surface area (Å²) in [5, 5.41) is 11.9. The van der Waals surface area contributed by atoms with Gasteiger partial charge in [-0.15, -0.1) is 0 Å². The van der Waals surface area contributed by atoms with Crippen LogP contribution in [0.2, 0.25) is 5.02 Å². The van der Waals surface area contributed by atoms with Crippen molar-refractivity contribution in [3.63, 3.8) is 0 Å². The van der Waals surface area contributed by atoms with E-state index in [1.54, 1.807) is 6.20 Å². The normalized spacial score (nSPS) is 10.6. The molecule has 3 rings (SSSR count). The number of thiocarbonyl (C=S) groups is 1. The monoisotopic (exact) mass is 434 g/mol. The van der Waals surface area contributed by atoms with Crippen molar-refractivity contribution in [2.45, 2.75) is 6.92 Å². The molecule has 4 nitrogen and oxygen atoms in total. The van der Waals surface area contributed by atoms with Crippen LogP contribution in [0.4, 0.5) is 11.4 Å². The molecule has 0 fully saturated rings. The van der Waals surface area contributed by atoms with Crippen LogP contribution >= 0.6 is 39.7 Å². The molecule has 0 saturated carbocycles. The minimum Gasteiger partial charge on any atom is -0.332 e. The number of aryl methyl sites for hydroxylation is 2. The van der Waals surface area contributed by atoms with E-state index >= 15 is 0 Å². The summed E-state index contributed by atoms with van der Waals surface area (Å²) in [5.74, 6) is 0. The predicted octanol–water partition coefficient (Wildman–Crippen LogP) is 5.62. The van der Waals surface area contributed by atoms with Crippen LogP contribution in [0.3, 0.4) is 0 Å². The molecule has 128 valence electrons. The molecule has 0 aliphatic heterocycles. The molecule has 1 aromatic heterocycles. The lowest BCUT2D eigenvalue weighted by molar-refractivity contribution is 0.775. The summed E-state index contributed by atoms with van der Waals surface area (Å²) in [6, 6.07) is 13.5. The van der Waals surface area contributed by atoms with Crippen molar-refractivity contribution in [2.24, 2.45) is 7.05 Å². The molecule has 0 aliphatic rings. The lowest BCUT2D eigenvalue weighted by Gasteiger charge is -2.14. The highest BCUT2D eigenvalue weighted by Crippen LogP contribution is 2.32. The molecule has 0 atom stereocenters. The molecule has 2 N–H and O–H groups in total. The number of halogens is 2. The number of benzene rings is 2. The van der Waals surface area contributed by atoms with E-state index in [1.807, 2.05) is 42.1 Å². The highest BCUT2D eigenvalue weighted by molar-refractivity contribution is 9.10. The van der Waals surface area contributed by atoms with E-state index in [9.17, 15) is 0 Å². The standard InChI is InChI=1S/C18H16BrClN4S/c1-11-3-6-14(9-15(11)17-16(19)10-21-24(17)2)23-18(25)22-13-7-4-12(20)5-8-13/h3-10H,1-2H3,(H2,22,23,25). The number of nitrogens with one attached hydrogen (secondary N) is 2. The summed E-state index contributed by atoms with van der Waals surface area (Å²) < 4.78 is 2.80. The average Bonchev–Trinajstić information content (AvgIpc) is 2.90. The topological polar surface area (TPSA) is 41.9 Å². The quantitative estimate of drug-likeness (QED) is 0.524. The third-order valence-corrected chi connectivity index (χ3v) is 4.78. The van der Waals surface area contributed by atoms with E-state index in [-0.39, 0.29) is 0 Å². The van der Waals surface area contributed by atoms with E-state index in [0.717, 1.165) is 32.7 Å². The Kier molecular flexibility index (Phi) is 5.42. The lowest BCUT2D eigenvalue weighted by Crippen LogP contribution is -2.19. The Morgan fingerprint density at radius 2 is 1.76 bits per heavy atom. The van der Waals surface area contributed by atoms with Gasteiger partial charge in [-0.2, -0.15) is 5.10 Å². The number of nitrogens with zero attached hydrogens (tertiary/aromatic N) is 2. The lowest BCUT2D eigenvalue weighted by atomic mass is 10.0. The van der Waals surface area contributed by atoms with Gasteiger partial charge in [-0.05, 0) is 77.0 Å². The first-order chi connectivity index (χ1) is 11.9. The van der Waals surface area contributed by atoms with Crippen LogP contribution < -0.4 is 10.6 Å². The molecule has 3 aromatic rings. The zero-order chi connectivity index (χ0) is 18.0. The summed E-state index contributed by atoms with van der Waals surface area (Å²) in [6.07, 6.45) is 1.79. The third kappa shape index (κ3) is 4.21. The number of hydrogen-bond acceptors (Lipinski definition) is 2. The smallest absolute Gasteiger partial charge is 0.175 e. The highest BCUT2D eigenvalue weighted by Gasteiger charge is 2.12. The molecule has 0 spiro atoms. The Morgan fingerprint density at radius 1 is 1.12 bits per heavy atom. The second-order valence-electron chi connectivity index (χ2n) is 5.58. The Balaban J connectivity index is 1.80. The summed E-state index contributed by atoms with van der Waals surface area (Å²) in [6.45, 7) is 2.07. The van der Waals surface area contributed by atoms with Gasteiger partial charge in [-0.25, -0.2) is 0 Å². The van der Waals surface area contributed by atoms with E-state index in [0.29, 0.717) is 10.1 Å². The van der Waals surface area contributed by atoms with Gasteiger partial charge in [0.2, 0.25) is 0 Å². The fraction of sp³-hybridized carbons (Fsp3) is 0.111. The van der Waals surface area contributed by atoms with Crippen molar-refractivity contribution in [3.05, 3.63) is 63.7 Å². The zero-order valence-corrected chi connectivity index (χ0v) is 16.8. The van der Waals surface area contributed by atoms with Crippen molar-refractivity contribution in [1.82, 2.24) is 9.78 Å². The van der Waals surface area contributed by atoms with Crippen LogP contribution in [0.5, 0.6) is 0 Å². The Morgan fingerprint density at radius 3 is 2.40 bits per heavy atom. The number of aromatic nitrogens is 2. The van der Waals surface area contributed by atoms with Gasteiger partial charge in [0, 0.05) is 29.0 Å². The summed E-state index contributed by atoms with van der Waals surface area (Å²) >= 11 is 14.9. The van der Waals surface area contributed by atoms with Gasteiger partial charge in [0.15, 0.2) is 5.11 Å². The largest absolute Gasteiger partial charge is 0.332 e. The first-order valence-corrected chi connectivity index (χ1v) is 9.14. The Labute approximate surface area is 165 Å².